The van der Waals surface area contributed by atoms with Gasteiger partial charge in [-0.05, 0) is 33.0 Å². The van der Waals surface area contributed by atoms with Crippen molar-refractivity contribution in [3.05, 3.63) is 18.0 Å². The molecule has 0 amide bonds. The summed E-state index contributed by atoms with van der Waals surface area (Å²) in [4.78, 5) is 10.2. The molecule has 0 aromatic carbocycles. The number of aryl methyl sites for hydroxylation is 1. The first-order chi connectivity index (χ1) is 6.79. The van der Waals surface area contributed by atoms with E-state index in [2.05, 4.69) is 17.3 Å². The van der Waals surface area contributed by atoms with Crippen molar-refractivity contribution in [2.24, 2.45) is 0 Å². The number of aromatic nitrogens is 2. The van der Waals surface area contributed by atoms with E-state index in [4.69, 9.17) is 0 Å². The lowest BCUT2D eigenvalue weighted by Gasteiger charge is -1.94. The number of carbonyl (C=O) groups is 1. The molecule has 0 unspecified atom stereocenters. The van der Waals surface area contributed by atoms with Gasteiger partial charge in [0.15, 0.2) is 6.29 Å². The lowest BCUT2D eigenvalue weighted by molar-refractivity contribution is 0.111. The normalized spacial score (nSPS) is 9.07. The molecule has 1 rings (SSSR count). The van der Waals surface area contributed by atoms with Gasteiger partial charge in [-0.15, -0.1) is 0 Å². The quantitative estimate of drug-likeness (QED) is 0.741. The number of nitrogens with one attached hydrogen (secondary N) is 1. The van der Waals surface area contributed by atoms with Crippen LogP contribution in [0.15, 0.2) is 12.3 Å². The van der Waals surface area contributed by atoms with Gasteiger partial charge in [0, 0.05) is 12.7 Å². The molecule has 14 heavy (non-hydrogen) atoms. The molecule has 80 valence electrons. The van der Waals surface area contributed by atoms with Gasteiger partial charge in [-0.25, -0.2) is 0 Å². The van der Waals surface area contributed by atoms with Crippen LogP contribution in [0, 0.1) is 0 Å². The highest BCUT2D eigenvalue weighted by molar-refractivity contribution is 5.71. The summed E-state index contributed by atoms with van der Waals surface area (Å²) in [5.74, 6) is 0. The highest BCUT2D eigenvalue weighted by atomic mass is 16.1. The van der Waals surface area contributed by atoms with Gasteiger partial charge >= 0.3 is 0 Å². The number of nitrogens with zero attached hydrogens (tertiary/aromatic N) is 2. The average Bonchev–Trinajstić information content (AvgIpc) is 2.67. The summed E-state index contributed by atoms with van der Waals surface area (Å²) in [5.41, 5.74) is 0.637. The second kappa shape index (κ2) is 8.44. The van der Waals surface area contributed by atoms with Crippen LogP contribution in [-0.2, 0) is 6.54 Å². The predicted octanol–water partition coefficient (Wildman–Crippen LogP) is 1.33. The molecule has 0 aliphatic carbocycles. The smallest absolute Gasteiger partial charge is 0.168 e. The molecule has 0 bridgehead atoms. The maximum atomic E-state index is 10.2. The zero-order valence-corrected chi connectivity index (χ0v) is 9.16. The monoisotopic (exact) mass is 197 g/mol. The zero-order chi connectivity index (χ0) is 10.8. The first-order valence-electron chi connectivity index (χ1n) is 4.91. The van der Waals surface area contributed by atoms with E-state index in [9.17, 15) is 4.79 Å². The van der Waals surface area contributed by atoms with Crippen LogP contribution >= 0.6 is 0 Å². The Morgan fingerprint density at radius 3 is 2.57 bits per heavy atom. The lowest BCUT2D eigenvalue weighted by Crippen LogP contribution is -2.04. The SMILES string of the molecule is CCCNC.CCn1nccc1C=O. The van der Waals surface area contributed by atoms with E-state index in [1.807, 2.05) is 14.0 Å². The van der Waals surface area contributed by atoms with Crippen molar-refractivity contribution in [2.45, 2.75) is 26.8 Å². The largest absolute Gasteiger partial charge is 0.320 e. The Morgan fingerprint density at radius 1 is 1.57 bits per heavy atom. The second-order valence-corrected chi connectivity index (χ2v) is 2.79. The van der Waals surface area contributed by atoms with Crippen molar-refractivity contribution in [1.29, 1.82) is 0 Å². The Labute approximate surface area is 85.3 Å². The van der Waals surface area contributed by atoms with Crippen LogP contribution < -0.4 is 5.32 Å². The van der Waals surface area contributed by atoms with Crippen LogP contribution in [0.2, 0.25) is 0 Å². The third kappa shape index (κ3) is 4.77. The number of aldehydes is 1. The highest BCUT2D eigenvalue weighted by Crippen LogP contribution is 1.92. The van der Waals surface area contributed by atoms with Gasteiger partial charge < -0.3 is 5.32 Å². The first-order valence-corrected chi connectivity index (χ1v) is 4.91. The second-order valence-electron chi connectivity index (χ2n) is 2.79. The molecule has 0 saturated carbocycles. The molecule has 0 atom stereocenters. The van der Waals surface area contributed by atoms with Crippen LogP contribution in [0.4, 0.5) is 0 Å². The summed E-state index contributed by atoms with van der Waals surface area (Å²) in [6.45, 7) is 5.98. The predicted molar refractivity (Wildman–Crippen MR) is 57.5 cm³/mol. The molecule has 0 aliphatic heterocycles. The molecule has 0 saturated heterocycles. The molecule has 4 nitrogen and oxygen atoms in total. The van der Waals surface area contributed by atoms with Crippen molar-refractivity contribution in [3.63, 3.8) is 0 Å². The van der Waals surface area contributed by atoms with E-state index in [1.165, 1.54) is 6.42 Å². The topological polar surface area (TPSA) is 46.9 Å². The number of rotatable bonds is 4. The summed E-state index contributed by atoms with van der Waals surface area (Å²) in [5, 5.41) is 6.91. The van der Waals surface area contributed by atoms with Gasteiger partial charge in [0.25, 0.3) is 0 Å². The van der Waals surface area contributed by atoms with E-state index < -0.39 is 0 Å². The van der Waals surface area contributed by atoms with E-state index in [1.54, 1.807) is 16.9 Å². The summed E-state index contributed by atoms with van der Waals surface area (Å²) >= 11 is 0. The van der Waals surface area contributed by atoms with Gasteiger partial charge in [-0.2, -0.15) is 5.10 Å². The van der Waals surface area contributed by atoms with Crippen molar-refractivity contribution >= 4 is 6.29 Å². The van der Waals surface area contributed by atoms with E-state index >= 15 is 0 Å². The van der Waals surface area contributed by atoms with Crippen LogP contribution in [-0.4, -0.2) is 29.7 Å². The zero-order valence-electron chi connectivity index (χ0n) is 9.16. The Kier molecular flexibility index (Phi) is 7.74. The van der Waals surface area contributed by atoms with Gasteiger partial charge in [-0.1, -0.05) is 6.92 Å². The van der Waals surface area contributed by atoms with Crippen LogP contribution in [0.5, 0.6) is 0 Å². The van der Waals surface area contributed by atoms with E-state index in [-0.39, 0.29) is 0 Å². The van der Waals surface area contributed by atoms with Crippen LogP contribution in [0.3, 0.4) is 0 Å². The van der Waals surface area contributed by atoms with E-state index in [0.29, 0.717) is 5.69 Å². The van der Waals surface area contributed by atoms with Gasteiger partial charge in [0.05, 0.1) is 0 Å². The molecular formula is C10H19N3O. The minimum absolute atomic E-state index is 0.637. The number of hydrogen-bond acceptors (Lipinski definition) is 3. The third-order valence-electron chi connectivity index (χ3n) is 1.67. The summed E-state index contributed by atoms with van der Waals surface area (Å²) in [6, 6.07) is 1.69. The fourth-order valence-corrected chi connectivity index (χ4v) is 0.957. The van der Waals surface area contributed by atoms with Crippen molar-refractivity contribution in [2.75, 3.05) is 13.6 Å². The average molecular weight is 197 g/mol. The fourth-order valence-electron chi connectivity index (χ4n) is 0.957. The van der Waals surface area contributed by atoms with Gasteiger partial charge in [0.2, 0.25) is 0 Å². The van der Waals surface area contributed by atoms with Crippen LogP contribution in [0.1, 0.15) is 30.8 Å². The van der Waals surface area contributed by atoms with Crippen molar-refractivity contribution in [1.82, 2.24) is 15.1 Å². The van der Waals surface area contributed by atoms with Gasteiger partial charge in [-0.3, -0.25) is 9.48 Å². The summed E-state index contributed by atoms with van der Waals surface area (Å²) < 4.78 is 1.65. The lowest BCUT2D eigenvalue weighted by atomic mass is 10.5. The molecule has 1 aromatic rings. The van der Waals surface area contributed by atoms with Gasteiger partial charge in [0.1, 0.15) is 5.69 Å². The van der Waals surface area contributed by atoms with Crippen LogP contribution in [0.25, 0.3) is 0 Å². The molecule has 1 aromatic heterocycles. The highest BCUT2D eigenvalue weighted by Gasteiger charge is 1.94. The number of carbonyl (C=O) groups excluding carboxylic acids is 1. The molecule has 1 N–H and O–H groups in total. The first kappa shape index (κ1) is 12.8. The molecule has 0 radical (unpaired) electrons. The Hall–Kier alpha value is -1.16. The fraction of sp³-hybridized carbons (Fsp3) is 0.600. The number of hydrogen-bond donors (Lipinski definition) is 1. The van der Waals surface area contributed by atoms with E-state index in [0.717, 1.165) is 19.4 Å². The Balaban J connectivity index is 0.000000292. The molecule has 0 fully saturated rings. The minimum atomic E-state index is 0.637. The van der Waals surface area contributed by atoms with Crippen molar-refractivity contribution in [3.8, 4) is 0 Å². The molecular weight excluding hydrogens is 178 g/mol. The Bertz CT molecular complexity index is 243. The maximum Gasteiger partial charge on any atom is 0.168 e. The minimum Gasteiger partial charge on any atom is -0.320 e. The molecule has 1 heterocycles. The molecule has 0 aliphatic rings. The van der Waals surface area contributed by atoms with Crippen molar-refractivity contribution < 1.29 is 4.79 Å². The third-order valence-corrected chi connectivity index (χ3v) is 1.67. The maximum absolute atomic E-state index is 10.2. The Morgan fingerprint density at radius 2 is 2.29 bits per heavy atom. The molecule has 4 heteroatoms. The molecule has 0 spiro atoms. The standard InChI is InChI=1S/C6H8N2O.C4H11N/c1-2-8-6(5-9)3-4-7-8;1-3-4-5-2/h3-5H,2H2,1H3;5H,3-4H2,1-2H3. The summed E-state index contributed by atoms with van der Waals surface area (Å²) in [7, 11) is 1.96. The summed E-state index contributed by atoms with van der Waals surface area (Å²) in [6.07, 6.45) is 3.65.